The van der Waals surface area contributed by atoms with Gasteiger partial charge in [-0.05, 0) is 94.0 Å². The second-order valence-corrected chi connectivity index (χ2v) is 16.7. The first-order chi connectivity index (χ1) is 26.9. The van der Waals surface area contributed by atoms with Gasteiger partial charge in [-0.1, -0.05) is 13.0 Å². The number of hydrogen-bond donors (Lipinski definition) is 0. The van der Waals surface area contributed by atoms with Crippen molar-refractivity contribution in [3.63, 3.8) is 0 Å². The summed E-state index contributed by atoms with van der Waals surface area (Å²) in [5, 5.41) is 1.39. The largest absolute Gasteiger partial charge is 0.475 e. The minimum Gasteiger partial charge on any atom is -0.475 e. The highest BCUT2D eigenvalue weighted by molar-refractivity contribution is 6.03. The lowest BCUT2D eigenvalue weighted by Gasteiger charge is -2.46. The van der Waals surface area contributed by atoms with Gasteiger partial charge in [-0.2, -0.15) is 9.97 Å². The van der Waals surface area contributed by atoms with Crippen LogP contribution in [0, 0.1) is 11.6 Å². The molecular weight excluding hydrogens is 729 g/mol. The summed E-state index contributed by atoms with van der Waals surface area (Å²) >= 11 is 0. The number of benzene rings is 2. The average Bonchev–Trinajstić information content (AvgIpc) is 3.76. The third-order valence-electron chi connectivity index (χ3n) is 12.1. The van der Waals surface area contributed by atoms with Crippen LogP contribution in [0.4, 0.5) is 23.8 Å². The Morgan fingerprint density at radius 1 is 1.05 bits per heavy atom. The van der Waals surface area contributed by atoms with E-state index in [1.807, 2.05) is 32.6 Å². The Morgan fingerprint density at radius 2 is 1.89 bits per heavy atom. The van der Waals surface area contributed by atoms with Crippen molar-refractivity contribution < 1.29 is 41.7 Å². The SMILES string of the molecule is CCc1c(F)ccc2cc(OCOC)cc(-c3nc4c5c(nc(OC[C@@]67CCCN6C[C@H](F)C7)nc5c3F)N3CC5CCC(C3CO4)N5C(=O)OC(C)(C)C)c12. The zero-order valence-corrected chi connectivity index (χ0v) is 32.4. The molecule has 5 atom stereocenters. The van der Waals surface area contributed by atoms with E-state index in [4.69, 9.17) is 38.6 Å². The summed E-state index contributed by atoms with van der Waals surface area (Å²) in [5.74, 6) is -0.320. The molecule has 298 valence electrons. The van der Waals surface area contributed by atoms with Gasteiger partial charge in [0.2, 0.25) is 5.88 Å². The summed E-state index contributed by atoms with van der Waals surface area (Å²) in [4.78, 5) is 34.1. The number of ether oxygens (including phenoxy) is 5. The Labute approximate surface area is 323 Å². The summed E-state index contributed by atoms with van der Waals surface area (Å²) in [6, 6.07) is 5.50. The molecule has 7 heterocycles. The molecule has 9 rings (SSSR count). The van der Waals surface area contributed by atoms with Crippen molar-refractivity contribution in [1.29, 1.82) is 0 Å². The second kappa shape index (κ2) is 13.8. The van der Waals surface area contributed by atoms with Crippen LogP contribution in [0.5, 0.6) is 17.6 Å². The molecular formula is C41H47F3N6O6. The molecule has 12 nitrogen and oxygen atoms in total. The van der Waals surface area contributed by atoms with Crippen molar-refractivity contribution in [2.45, 2.75) is 102 Å². The number of alkyl halides is 1. The first kappa shape index (κ1) is 37.0. The van der Waals surface area contributed by atoms with Gasteiger partial charge in [0, 0.05) is 32.2 Å². The second-order valence-electron chi connectivity index (χ2n) is 16.7. The highest BCUT2D eigenvalue weighted by Gasteiger charge is 2.52. The molecule has 2 aromatic heterocycles. The van der Waals surface area contributed by atoms with Crippen molar-refractivity contribution in [3.05, 3.63) is 41.5 Å². The quantitative estimate of drug-likeness (QED) is 0.173. The zero-order valence-electron chi connectivity index (χ0n) is 32.4. The summed E-state index contributed by atoms with van der Waals surface area (Å²) in [6.45, 7) is 9.09. The molecule has 5 aliphatic rings. The number of piperazine rings is 1. The van der Waals surface area contributed by atoms with E-state index in [1.54, 1.807) is 18.2 Å². The van der Waals surface area contributed by atoms with E-state index in [9.17, 15) is 9.18 Å². The predicted octanol–water partition coefficient (Wildman–Crippen LogP) is 6.97. The molecule has 15 heteroatoms. The third-order valence-corrected chi connectivity index (χ3v) is 12.1. The number of anilines is 1. The predicted molar refractivity (Wildman–Crippen MR) is 202 cm³/mol. The van der Waals surface area contributed by atoms with Crippen molar-refractivity contribution >= 4 is 33.6 Å². The molecule has 4 aromatic rings. The summed E-state index contributed by atoms with van der Waals surface area (Å²) < 4.78 is 77.5. The number of rotatable bonds is 8. The lowest BCUT2D eigenvalue weighted by atomic mass is 9.94. The van der Waals surface area contributed by atoms with Crippen molar-refractivity contribution in [1.82, 2.24) is 24.8 Å². The van der Waals surface area contributed by atoms with Crippen molar-refractivity contribution in [2.24, 2.45) is 0 Å². The van der Waals surface area contributed by atoms with E-state index in [0.29, 0.717) is 65.8 Å². The summed E-state index contributed by atoms with van der Waals surface area (Å²) in [5.41, 5.74) is -0.665. The number of aryl methyl sites for hydroxylation is 1. The number of nitrogens with zero attached hydrogens (tertiary/aromatic N) is 6. The van der Waals surface area contributed by atoms with Gasteiger partial charge in [0.1, 0.15) is 59.0 Å². The zero-order chi connectivity index (χ0) is 39.1. The highest BCUT2D eigenvalue weighted by Crippen LogP contribution is 2.47. The Hall–Kier alpha value is -4.63. The number of carbonyl (C=O) groups excluding carboxylic acids is 1. The van der Waals surface area contributed by atoms with Crippen LogP contribution in [0.15, 0.2) is 24.3 Å². The molecule has 5 aliphatic heterocycles. The first-order valence-electron chi connectivity index (χ1n) is 19.6. The standard InChI is InChI=1S/C41H47F3N6O6/c1-6-26-28(43)10-8-22-14-25(55-21-52-5)15-27(31(22)26)34-33(44)35-32-36(47-38(46-35)54-20-41-12-7-13-48(41)17-23(42)16-41)49-18-24-9-11-29(30(49)19-53-37(32)45-34)50(24)39(51)56-40(2,3)4/h8,10,14-15,23-24,29-30H,6-7,9,11-13,16-21H2,1-5H3/t23-,24?,29?,30?,41+/m1/s1. The van der Waals surface area contributed by atoms with Gasteiger partial charge < -0.3 is 28.6 Å². The van der Waals surface area contributed by atoms with Gasteiger partial charge in [-0.3, -0.25) is 9.80 Å². The number of aromatic nitrogens is 3. The monoisotopic (exact) mass is 776 g/mol. The Bertz CT molecular complexity index is 2220. The molecule has 0 radical (unpaired) electrons. The van der Waals surface area contributed by atoms with Crippen LogP contribution < -0.4 is 19.1 Å². The number of carbonyl (C=O) groups is 1. The molecule has 3 unspecified atom stereocenters. The van der Waals surface area contributed by atoms with E-state index in [-0.39, 0.29) is 72.7 Å². The topological polar surface area (TPSA) is 112 Å². The van der Waals surface area contributed by atoms with E-state index in [1.165, 1.54) is 13.2 Å². The lowest BCUT2D eigenvalue weighted by molar-refractivity contribution is 0.00537. The molecule has 0 aliphatic carbocycles. The smallest absolute Gasteiger partial charge is 0.410 e. The minimum atomic E-state index is -0.958. The fourth-order valence-corrected chi connectivity index (χ4v) is 9.78. The minimum absolute atomic E-state index is 0.0528. The fraction of sp³-hybridized carbons (Fsp3) is 0.561. The van der Waals surface area contributed by atoms with Crippen LogP contribution in [-0.2, 0) is 15.9 Å². The maximum absolute atomic E-state index is 17.6. The Morgan fingerprint density at radius 3 is 2.68 bits per heavy atom. The Balaban J connectivity index is 1.21. The number of halogens is 3. The number of fused-ring (bicyclic) bond motifs is 7. The molecule has 4 fully saturated rings. The number of amides is 1. The maximum Gasteiger partial charge on any atom is 0.410 e. The van der Waals surface area contributed by atoms with Gasteiger partial charge in [-0.25, -0.2) is 22.9 Å². The molecule has 0 saturated carbocycles. The van der Waals surface area contributed by atoms with Crippen LogP contribution >= 0.6 is 0 Å². The van der Waals surface area contributed by atoms with Crippen LogP contribution in [0.2, 0.25) is 0 Å². The molecule has 0 spiro atoms. The van der Waals surface area contributed by atoms with Crippen molar-refractivity contribution in [3.8, 4) is 28.9 Å². The van der Waals surface area contributed by atoms with Gasteiger partial charge in [0.15, 0.2) is 12.6 Å². The molecule has 0 N–H and O–H groups in total. The molecule has 2 bridgehead atoms. The number of hydrogen-bond acceptors (Lipinski definition) is 11. The van der Waals surface area contributed by atoms with Crippen LogP contribution in [0.1, 0.15) is 65.4 Å². The van der Waals surface area contributed by atoms with E-state index < -0.39 is 28.9 Å². The number of methoxy groups -OCH3 is 1. The summed E-state index contributed by atoms with van der Waals surface area (Å²) in [7, 11) is 1.50. The molecule has 2 aromatic carbocycles. The molecule has 56 heavy (non-hydrogen) atoms. The normalized spacial score (nSPS) is 25.6. The Kier molecular flexibility index (Phi) is 9.10. The van der Waals surface area contributed by atoms with E-state index in [2.05, 4.69) is 9.80 Å². The summed E-state index contributed by atoms with van der Waals surface area (Å²) in [6.07, 6.45) is 2.50. The maximum atomic E-state index is 17.6. The molecule has 4 saturated heterocycles. The fourth-order valence-electron chi connectivity index (χ4n) is 9.78. The van der Waals surface area contributed by atoms with Crippen LogP contribution in [0.3, 0.4) is 0 Å². The van der Waals surface area contributed by atoms with E-state index >= 15 is 8.78 Å². The van der Waals surface area contributed by atoms with Gasteiger partial charge in [-0.15, -0.1) is 0 Å². The third kappa shape index (κ3) is 6.12. The van der Waals surface area contributed by atoms with Crippen LogP contribution in [-0.4, -0.2) is 113 Å². The lowest BCUT2D eigenvalue weighted by Crippen LogP contribution is -2.63. The van der Waals surface area contributed by atoms with Crippen molar-refractivity contribution in [2.75, 3.05) is 51.7 Å². The van der Waals surface area contributed by atoms with E-state index in [0.717, 1.165) is 25.8 Å². The molecule has 1 amide bonds. The highest BCUT2D eigenvalue weighted by atomic mass is 19.1. The van der Waals surface area contributed by atoms with Crippen LogP contribution in [0.25, 0.3) is 32.9 Å². The number of pyridine rings is 1. The first-order valence-corrected chi connectivity index (χ1v) is 19.6. The van der Waals surface area contributed by atoms with Gasteiger partial charge in [0.25, 0.3) is 0 Å². The average molecular weight is 777 g/mol. The van der Waals surface area contributed by atoms with Gasteiger partial charge >= 0.3 is 12.1 Å². The van der Waals surface area contributed by atoms with Gasteiger partial charge in [0.05, 0.1) is 23.7 Å².